The van der Waals surface area contributed by atoms with Gasteiger partial charge < -0.3 is 10.5 Å². The Morgan fingerprint density at radius 3 is 2.71 bits per heavy atom. The molecule has 0 saturated heterocycles. The minimum atomic E-state index is -0.158. The van der Waals surface area contributed by atoms with Crippen LogP contribution in [0.5, 0.6) is 0 Å². The van der Waals surface area contributed by atoms with Crippen molar-refractivity contribution in [2.45, 2.75) is 30.9 Å². The van der Waals surface area contributed by atoms with Gasteiger partial charge in [0.15, 0.2) is 0 Å². The molecule has 1 atom stereocenters. The number of methoxy groups -OCH3 is 1. The molecular formula is C10H17N3O. The molecule has 4 heteroatoms. The zero-order valence-corrected chi connectivity index (χ0v) is 8.73. The first kappa shape index (κ1) is 9.68. The molecule has 1 fully saturated rings. The van der Waals surface area contributed by atoms with Gasteiger partial charge in [-0.25, -0.2) is 0 Å². The summed E-state index contributed by atoms with van der Waals surface area (Å²) in [4.78, 5) is 0. The largest absolute Gasteiger partial charge is 0.376 e. The lowest BCUT2D eigenvalue weighted by Crippen LogP contribution is -2.48. The van der Waals surface area contributed by atoms with E-state index in [0.29, 0.717) is 0 Å². The third kappa shape index (κ3) is 1.35. The predicted molar refractivity (Wildman–Crippen MR) is 53.7 cm³/mol. The standard InChI is InChI=1S/C10H17N3O/c1-13-7-4-8(12-13)9(11)10(14-2)5-3-6-10/h4,7,9H,3,5-6,11H2,1-2H3. The van der Waals surface area contributed by atoms with E-state index in [2.05, 4.69) is 5.10 Å². The number of aryl methyl sites for hydroxylation is 1. The quantitative estimate of drug-likeness (QED) is 0.782. The Bertz CT molecular complexity index is 311. The summed E-state index contributed by atoms with van der Waals surface area (Å²) in [6, 6.07) is 1.87. The predicted octanol–water partition coefficient (Wildman–Crippen LogP) is 0.989. The highest BCUT2D eigenvalue weighted by molar-refractivity contribution is 5.13. The molecule has 1 unspecified atom stereocenters. The van der Waals surface area contributed by atoms with Gasteiger partial charge in [-0.3, -0.25) is 4.68 Å². The molecule has 0 aromatic carbocycles. The van der Waals surface area contributed by atoms with Gasteiger partial charge in [-0.2, -0.15) is 5.10 Å². The highest BCUT2D eigenvalue weighted by Gasteiger charge is 2.44. The summed E-state index contributed by atoms with van der Waals surface area (Å²) in [5.74, 6) is 0. The molecule has 0 bridgehead atoms. The second-order valence-corrected chi connectivity index (χ2v) is 4.01. The van der Waals surface area contributed by atoms with Crippen LogP contribution in [0.25, 0.3) is 0 Å². The fourth-order valence-electron chi connectivity index (χ4n) is 2.04. The highest BCUT2D eigenvalue weighted by Crippen LogP contribution is 2.43. The lowest BCUT2D eigenvalue weighted by Gasteiger charge is -2.44. The Morgan fingerprint density at radius 2 is 2.36 bits per heavy atom. The van der Waals surface area contributed by atoms with Gasteiger partial charge in [0.1, 0.15) is 0 Å². The normalized spacial score (nSPS) is 21.6. The number of ether oxygens (including phenoxy) is 1. The fourth-order valence-corrected chi connectivity index (χ4v) is 2.04. The van der Waals surface area contributed by atoms with Gasteiger partial charge in [-0.15, -0.1) is 0 Å². The maximum Gasteiger partial charge on any atom is 0.0886 e. The van der Waals surface area contributed by atoms with Gasteiger partial charge in [-0.1, -0.05) is 0 Å². The van der Waals surface area contributed by atoms with E-state index in [1.807, 2.05) is 19.3 Å². The van der Waals surface area contributed by atoms with Crippen molar-refractivity contribution in [1.82, 2.24) is 9.78 Å². The molecule has 0 radical (unpaired) electrons. The average Bonchev–Trinajstić information content (AvgIpc) is 2.50. The van der Waals surface area contributed by atoms with Crippen LogP contribution in [0, 0.1) is 0 Å². The Morgan fingerprint density at radius 1 is 1.64 bits per heavy atom. The minimum absolute atomic E-state index is 0.0950. The van der Waals surface area contributed by atoms with Crippen molar-refractivity contribution in [1.29, 1.82) is 0 Å². The number of nitrogens with zero attached hydrogens (tertiary/aromatic N) is 2. The molecule has 14 heavy (non-hydrogen) atoms. The monoisotopic (exact) mass is 195 g/mol. The van der Waals surface area contributed by atoms with Gasteiger partial charge >= 0.3 is 0 Å². The molecule has 1 saturated carbocycles. The lowest BCUT2D eigenvalue weighted by atomic mass is 9.74. The first-order chi connectivity index (χ1) is 6.68. The summed E-state index contributed by atoms with van der Waals surface area (Å²) in [6.45, 7) is 0. The third-order valence-electron chi connectivity index (χ3n) is 3.23. The summed E-state index contributed by atoms with van der Waals surface area (Å²) in [5, 5.41) is 4.32. The Kier molecular flexibility index (Phi) is 2.33. The van der Waals surface area contributed by atoms with E-state index in [0.717, 1.165) is 18.5 Å². The molecule has 0 amide bonds. The molecular weight excluding hydrogens is 178 g/mol. The lowest BCUT2D eigenvalue weighted by molar-refractivity contribution is -0.0920. The second kappa shape index (κ2) is 3.37. The smallest absolute Gasteiger partial charge is 0.0886 e. The molecule has 78 valence electrons. The highest BCUT2D eigenvalue weighted by atomic mass is 16.5. The van der Waals surface area contributed by atoms with Crippen molar-refractivity contribution in [2.75, 3.05) is 7.11 Å². The molecule has 1 aromatic heterocycles. The average molecular weight is 195 g/mol. The topological polar surface area (TPSA) is 53.1 Å². The van der Waals surface area contributed by atoms with Crippen LogP contribution in [-0.2, 0) is 11.8 Å². The van der Waals surface area contributed by atoms with Crippen LogP contribution in [-0.4, -0.2) is 22.5 Å². The van der Waals surface area contributed by atoms with Gasteiger partial charge in [0.25, 0.3) is 0 Å². The van der Waals surface area contributed by atoms with Gasteiger partial charge in [0, 0.05) is 20.4 Å². The van der Waals surface area contributed by atoms with E-state index in [1.54, 1.807) is 11.8 Å². The summed E-state index contributed by atoms with van der Waals surface area (Å²) >= 11 is 0. The number of rotatable bonds is 3. The number of aromatic nitrogens is 2. The first-order valence-electron chi connectivity index (χ1n) is 4.98. The number of hydrogen-bond acceptors (Lipinski definition) is 3. The Hall–Kier alpha value is -0.870. The zero-order chi connectivity index (χ0) is 10.2. The second-order valence-electron chi connectivity index (χ2n) is 4.01. The van der Waals surface area contributed by atoms with Crippen LogP contribution < -0.4 is 5.73 Å². The van der Waals surface area contributed by atoms with E-state index in [1.165, 1.54) is 6.42 Å². The van der Waals surface area contributed by atoms with E-state index < -0.39 is 0 Å². The van der Waals surface area contributed by atoms with Crippen LogP contribution in [0.1, 0.15) is 31.0 Å². The van der Waals surface area contributed by atoms with Crippen LogP contribution in [0.15, 0.2) is 12.3 Å². The van der Waals surface area contributed by atoms with Crippen molar-refractivity contribution in [3.63, 3.8) is 0 Å². The van der Waals surface area contributed by atoms with E-state index in [4.69, 9.17) is 10.5 Å². The zero-order valence-electron chi connectivity index (χ0n) is 8.73. The van der Waals surface area contributed by atoms with Crippen molar-refractivity contribution in [3.8, 4) is 0 Å². The van der Waals surface area contributed by atoms with E-state index in [9.17, 15) is 0 Å². The molecule has 0 spiro atoms. The number of hydrogen-bond donors (Lipinski definition) is 1. The molecule has 2 rings (SSSR count). The summed E-state index contributed by atoms with van der Waals surface area (Å²) in [7, 11) is 3.64. The molecule has 1 aromatic rings. The molecule has 4 nitrogen and oxygen atoms in total. The van der Waals surface area contributed by atoms with Crippen molar-refractivity contribution >= 4 is 0 Å². The van der Waals surface area contributed by atoms with Gasteiger partial charge in [-0.05, 0) is 25.3 Å². The third-order valence-corrected chi connectivity index (χ3v) is 3.23. The SMILES string of the molecule is COC1(C(N)c2ccn(C)n2)CCC1. The van der Waals surface area contributed by atoms with Gasteiger partial charge in [0.05, 0.1) is 17.3 Å². The first-order valence-corrected chi connectivity index (χ1v) is 4.98. The van der Waals surface area contributed by atoms with Gasteiger partial charge in [0.2, 0.25) is 0 Å². The fraction of sp³-hybridized carbons (Fsp3) is 0.700. The Labute approximate surface area is 84.0 Å². The molecule has 1 heterocycles. The van der Waals surface area contributed by atoms with E-state index in [-0.39, 0.29) is 11.6 Å². The maximum absolute atomic E-state index is 6.16. The van der Waals surface area contributed by atoms with Crippen LogP contribution >= 0.6 is 0 Å². The van der Waals surface area contributed by atoms with Crippen LogP contribution in [0.4, 0.5) is 0 Å². The van der Waals surface area contributed by atoms with Crippen LogP contribution in [0.3, 0.4) is 0 Å². The summed E-state index contributed by atoms with van der Waals surface area (Å²) in [6.07, 6.45) is 5.20. The maximum atomic E-state index is 6.16. The Balaban J connectivity index is 2.18. The minimum Gasteiger partial charge on any atom is -0.376 e. The van der Waals surface area contributed by atoms with Crippen molar-refractivity contribution < 1.29 is 4.74 Å². The van der Waals surface area contributed by atoms with E-state index >= 15 is 0 Å². The van der Waals surface area contributed by atoms with Crippen molar-refractivity contribution in [3.05, 3.63) is 18.0 Å². The van der Waals surface area contributed by atoms with Crippen molar-refractivity contribution in [2.24, 2.45) is 12.8 Å². The van der Waals surface area contributed by atoms with Crippen LogP contribution in [0.2, 0.25) is 0 Å². The molecule has 0 aliphatic heterocycles. The molecule has 1 aliphatic rings. The summed E-state index contributed by atoms with van der Waals surface area (Å²) < 4.78 is 7.30. The molecule has 1 aliphatic carbocycles. The molecule has 2 N–H and O–H groups in total. The summed E-state index contributed by atoms with van der Waals surface area (Å²) in [5.41, 5.74) is 6.92. The number of nitrogens with two attached hydrogens (primary N) is 1.